The van der Waals surface area contributed by atoms with Gasteiger partial charge in [0.1, 0.15) is 35.5 Å². The third kappa shape index (κ3) is 4.68. The van der Waals surface area contributed by atoms with E-state index in [1.165, 1.54) is 10.9 Å². The van der Waals surface area contributed by atoms with Gasteiger partial charge in [0.25, 0.3) is 11.4 Å². The fraction of sp³-hybridized carbons (Fsp3) is 0.185. The van der Waals surface area contributed by atoms with Crippen molar-refractivity contribution in [1.29, 1.82) is 0 Å². The van der Waals surface area contributed by atoms with Crippen LogP contribution in [-0.2, 0) is 0 Å². The van der Waals surface area contributed by atoms with Gasteiger partial charge < -0.3 is 20.7 Å². The standard InChI is InChI=1S/C27H24N8O3/c1-15(36)12-13-18-8-7-11-20-21(18)27(37)35(19-9-5-4-6-10-19)25(33-20)16(2)31-24-22(23(28)29-14-30-24)26-32-17(3)34-38-26/h4-11,14-16,36H,1-3H3,(H3,28,29,30,31)/t15?,16-/m0/s1. The number of nitrogen functional groups attached to an aromatic ring is 1. The second-order valence-electron chi connectivity index (χ2n) is 8.59. The van der Waals surface area contributed by atoms with Gasteiger partial charge in [-0.2, -0.15) is 4.98 Å². The van der Waals surface area contributed by atoms with Gasteiger partial charge in [-0.3, -0.25) is 9.36 Å². The van der Waals surface area contributed by atoms with Crippen LogP contribution >= 0.6 is 0 Å². The van der Waals surface area contributed by atoms with Gasteiger partial charge in [0, 0.05) is 5.56 Å². The minimum atomic E-state index is -0.838. The minimum Gasteiger partial charge on any atom is -0.383 e. The van der Waals surface area contributed by atoms with Crippen molar-refractivity contribution in [3.8, 4) is 29.0 Å². The zero-order valence-electron chi connectivity index (χ0n) is 20.9. The molecule has 2 aromatic carbocycles. The number of hydrogen-bond donors (Lipinski definition) is 3. The minimum absolute atomic E-state index is 0.159. The van der Waals surface area contributed by atoms with Gasteiger partial charge in [-0.15, -0.1) is 0 Å². The molecule has 0 amide bonds. The highest BCUT2D eigenvalue weighted by molar-refractivity contribution is 5.85. The number of aliphatic hydroxyl groups is 1. The van der Waals surface area contributed by atoms with E-state index in [0.29, 0.717) is 45.2 Å². The molecule has 3 heterocycles. The van der Waals surface area contributed by atoms with Crippen LogP contribution in [0.5, 0.6) is 0 Å². The van der Waals surface area contributed by atoms with Gasteiger partial charge in [-0.1, -0.05) is 41.3 Å². The van der Waals surface area contributed by atoms with Crippen LogP contribution in [0.4, 0.5) is 11.6 Å². The first-order valence-corrected chi connectivity index (χ1v) is 11.8. The van der Waals surface area contributed by atoms with Crippen LogP contribution in [0.25, 0.3) is 28.0 Å². The Bertz CT molecular complexity index is 1750. The second-order valence-corrected chi connectivity index (χ2v) is 8.59. The van der Waals surface area contributed by atoms with Crippen LogP contribution in [-0.4, -0.2) is 40.9 Å². The van der Waals surface area contributed by atoms with Gasteiger partial charge >= 0.3 is 0 Å². The molecule has 0 spiro atoms. The summed E-state index contributed by atoms with van der Waals surface area (Å²) in [5.74, 6) is 7.16. The number of hydrogen-bond acceptors (Lipinski definition) is 10. The number of nitrogens with one attached hydrogen (secondary N) is 1. The predicted molar refractivity (Wildman–Crippen MR) is 142 cm³/mol. The number of anilines is 2. The average Bonchev–Trinajstić information content (AvgIpc) is 3.33. The summed E-state index contributed by atoms with van der Waals surface area (Å²) in [6.45, 7) is 5.11. The molecule has 4 N–H and O–H groups in total. The number of aromatic nitrogens is 6. The lowest BCUT2D eigenvalue weighted by Gasteiger charge is -2.21. The Kier molecular flexibility index (Phi) is 6.55. The van der Waals surface area contributed by atoms with Crippen molar-refractivity contribution in [3.05, 3.63) is 82.4 Å². The highest BCUT2D eigenvalue weighted by Gasteiger charge is 2.23. The normalized spacial score (nSPS) is 12.5. The second kappa shape index (κ2) is 10.1. The molecule has 5 aromatic rings. The maximum absolute atomic E-state index is 14.0. The smallest absolute Gasteiger partial charge is 0.267 e. The number of aryl methyl sites for hydroxylation is 1. The molecule has 0 aliphatic heterocycles. The maximum Gasteiger partial charge on any atom is 0.267 e. The molecular weight excluding hydrogens is 484 g/mol. The van der Waals surface area contributed by atoms with Crippen molar-refractivity contribution in [1.82, 2.24) is 29.7 Å². The monoisotopic (exact) mass is 508 g/mol. The van der Waals surface area contributed by atoms with Gasteiger partial charge in [0.05, 0.1) is 22.6 Å². The Hall–Kier alpha value is -5.08. The number of benzene rings is 2. The molecule has 0 aliphatic carbocycles. The van der Waals surface area contributed by atoms with Crippen LogP contribution < -0.4 is 16.6 Å². The van der Waals surface area contributed by atoms with E-state index in [9.17, 15) is 9.90 Å². The first-order chi connectivity index (χ1) is 18.3. The average molecular weight is 509 g/mol. The van der Waals surface area contributed by atoms with E-state index in [0.717, 1.165) is 0 Å². The van der Waals surface area contributed by atoms with E-state index < -0.39 is 12.1 Å². The number of aliphatic hydroxyl groups excluding tert-OH is 1. The summed E-state index contributed by atoms with van der Waals surface area (Å²) >= 11 is 0. The van der Waals surface area contributed by atoms with Crippen molar-refractivity contribution in [2.75, 3.05) is 11.1 Å². The maximum atomic E-state index is 14.0. The molecule has 3 aromatic heterocycles. The Morgan fingerprint density at radius 3 is 2.58 bits per heavy atom. The predicted octanol–water partition coefficient (Wildman–Crippen LogP) is 3.02. The van der Waals surface area contributed by atoms with E-state index >= 15 is 0 Å². The van der Waals surface area contributed by atoms with Crippen molar-refractivity contribution >= 4 is 22.5 Å². The summed E-state index contributed by atoms with van der Waals surface area (Å²) in [5.41, 5.74) is 7.78. The molecule has 0 aliphatic rings. The van der Waals surface area contributed by atoms with Crippen LogP contribution in [0.15, 0.2) is 64.2 Å². The molecule has 0 fully saturated rings. The summed E-state index contributed by atoms with van der Waals surface area (Å²) in [6.07, 6.45) is 0.484. The fourth-order valence-corrected chi connectivity index (χ4v) is 4.04. The van der Waals surface area contributed by atoms with Gasteiger partial charge in [0.15, 0.2) is 5.82 Å². The number of fused-ring (bicyclic) bond motifs is 1. The summed E-state index contributed by atoms with van der Waals surface area (Å²) < 4.78 is 6.86. The summed E-state index contributed by atoms with van der Waals surface area (Å²) in [5, 5.41) is 17.1. The SMILES string of the molecule is Cc1noc(-c2c(N)ncnc2N[C@@H](C)c2nc3cccc(C#CC(C)O)c3c(=O)n2-c2ccccc2)n1. The third-order valence-corrected chi connectivity index (χ3v) is 5.71. The first-order valence-electron chi connectivity index (χ1n) is 11.8. The topological polar surface area (TPSA) is 158 Å². The molecule has 0 bridgehead atoms. The lowest BCUT2D eigenvalue weighted by molar-refractivity contribution is 0.253. The van der Waals surface area contributed by atoms with Crippen molar-refractivity contribution in [3.63, 3.8) is 0 Å². The van der Waals surface area contributed by atoms with E-state index in [1.807, 2.05) is 37.3 Å². The number of para-hydroxylation sites is 1. The third-order valence-electron chi connectivity index (χ3n) is 5.71. The molecule has 0 saturated heterocycles. The van der Waals surface area contributed by atoms with Crippen molar-refractivity contribution in [2.24, 2.45) is 0 Å². The summed E-state index contributed by atoms with van der Waals surface area (Å²) in [7, 11) is 0. The fourth-order valence-electron chi connectivity index (χ4n) is 4.04. The molecule has 0 saturated carbocycles. The van der Waals surface area contributed by atoms with E-state index in [2.05, 4.69) is 37.3 Å². The Labute approximate surface area is 217 Å². The largest absolute Gasteiger partial charge is 0.383 e. The van der Waals surface area contributed by atoms with Crippen molar-refractivity contribution < 1.29 is 9.63 Å². The Balaban J connectivity index is 1.69. The lowest BCUT2D eigenvalue weighted by atomic mass is 10.1. The van der Waals surface area contributed by atoms with Crippen molar-refractivity contribution in [2.45, 2.75) is 32.9 Å². The first kappa shape index (κ1) is 24.6. The molecule has 1 unspecified atom stereocenters. The Morgan fingerprint density at radius 1 is 1.08 bits per heavy atom. The zero-order valence-corrected chi connectivity index (χ0v) is 20.9. The van der Waals surface area contributed by atoms with Crippen LogP contribution in [0.2, 0.25) is 0 Å². The molecule has 11 nitrogen and oxygen atoms in total. The summed E-state index contributed by atoms with van der Waals surface area (Å²) in [6, 6.07) is 13.9. The molecular formula is C27H24N8O3. The number of rotatable bonds is 5. The van der Waals surface area contributed by atoms with Crippen LogP contribution in [0.3, 0.4) is 0 Å². The van der Waals surface area contributed by atoms with Crippen LogP contribution in [0.1, 0.15) is 37.1 Å². The van der Waals surface area contributed by atoms with E-state index in [-0.39, 0.29) is 17.3 Å². The number of nitrogens with zero attached hydrogens (tertiary/aromatic N) is 6. The number of nitrogens with two attached hydrogens (primary N) is 1. The van der Waals surface area contributed by atoms with E-state index in [4.69, 9.17) is 15.2 Å². The summed E-state index contributed by atoms with van der Waals surface area (Å²) in [4.78, 5) is 31.5. The van der Waals surface area contributed by atoms with E-state index in [1.54, 1.807) is 32.0 Å². The zero-order chi connectivity index (χ0) is 26.8. The highest BCUT2D eigenvalue weighted by atomic mass is 16.5. The Morgan fingerprint density at radius 2 is 1.87 bits per heavy atom. The molecule has 38 heavy (non-hydrogen) atoms. The molecule has 5 rings (SSSR count). The van der Waals surface area contributed by atoms with Crippen LogP contribution in [0, 0.1) is 18.8 Å². The lowest BCUT2D eigenvalue weighted by Crippen LogP contribution is -2.28. The van der Waals surface area contributed by atoms with Gasteiger partial charge in [0.2, 0.25) is 0 Å². The molecule has 0 radical (unpaired) electrons. The van der Waals surface area contributed by atoms with Gasteiger partial charge in [-0.05, 0) is 45.0 Å². The molecule has 11 heteroatoms. The molecule has 190 valence electrons. The van der Waals surface area contributed by atoms with Gasteiger partial charge in [-0.25, -0.2) is 15.0 Å². The highest BCUT2D eigenvalue weighted by Crippen LogP contribution is 2.31. The molecule has 2 atom stereocenters. The quantitative estimate of drug-likeness (QED) is 0.301.